The average Bonchev–Trinajstić information content (AvgIpc) is 3.32. The van der Waals surface area contributed by atoms with Crippen molar-refractivity contribution < 1.29 is 24.5 Å². The number of hydrogen-bond donors (Lipinski definition) is 2. The van der Waals surface area contributed by atoms with Crippen molar-refractivity contribution in [3.8, 4) is 0 Å². The molecule has 0 spiro atoms. The van der Waals surface area contributed by atoms with Gasteiger partial charge in [-0.25, -0.2) is 0 Å². The van der Waals surface area contributed by atoms with Crippen molar-refractivity contribution >= 4 is 11.9 Å². The molecule has 5 fully saturated rings. The summed E-state index contributed by atoms with van der Waals surface area (Å²) in [6.45, 7) is 13.5. The molecule has 0 aromatic carbocycles. The number of esters is 1. The van der Waals surface area contributed by atoms with E-state index in [-0.39, 0.29) is 34.7 Å². The van der Waals surface area contributed by atoms with E-state index in [0.29, 0.717) is 38.3 Å². The van der Waals surface area contributed by atoms with Crippen molar-refractivity contribution in [2.24, 2.45) is 33.5 Å². The zero-order valence-corrected chi connectivity index (χ0v) is 24.9. The van der Waals surface area contributed by atoms with Crippen LogP contribution in [0.1, 0.15) is 106 Å². The Balaban J connectivity index is 1.29. The fourth-order valence-electron chi connectivity index (χ4n) is 10.2. The molecule has 2 bridgehead atoms. The zero-order valence-electron chi connectivity index (χ0n) is 24.9. The van der Waals surface area contributed by atoms with Gasteiger partial charge in [-0.15, -0.1) is 0 Å². The summed E-state index contributed by atoms with van der Waals surface area (Å²) >= 11 is 0. The standard InChI is InChI=1S/C33H49NO5/c1-7-18-34(26(36)33-17-16-31(6,27(37)39-33)28(33,2)3)20-32(38)15-12-25-23-9-8-21-19-22(35)10-13-29(21,4)24(23)11-14-30(25,32)5/h8-9,22,24-25,35,38H,7,10-20H2,1-6H3. The molecule has 4 saturated carbocycles. The molecule has 1 saturated heterocycles. The highest BCUT2D eigenvalue weighted by Crippen LogP contribution is 2.68. The molecule has 8 atom stereocenters. The topological polar surface area (TPSA) is 87.1 Å². The van der Waals surface area contributed by atoms with Crippen LogP contribution in [0.3, 0.4) is 0 Å². The lowest BCUT2D eigenvalue weighted by Crippen LogP contribution is -2.61. The highest BCUT2D eigenvalue weighted by molar-refractivity contribution is 5.96. The number of fused-ring (bicyclic) bond motifs is 7. The van der Waals surface area contributed by atoms with Gasteiger partial charge in [-0.05, 0) is 88.4 Å². The maximum Gasteiger partial charge on any atom is 0.313 e. The normalized spacial score (nSPS) is 47.5. The first-order chi connectivity index (χ1) is 18.2. The van der Waals surface area contributed by atoms with Gasteiger partial charge < -0.3 is 19.8 Å². The molecular weight excluding hydrogens is 490 g/mol. The van der Waals surface area contributed by atoms with Crippen LogP contribution >= 0.6 is 0 Å². The molecular formula is C33H49NO5. The van der Waals surface area contributed by atoms with Crippen LogP contribution in [0.5, 0.6) is 0 Å². The SMILES string of the molecule is CCCN(CC1(O)CCC2C3=CC=C4CC(O)CCC4(C)C3CCC21C)C(=O)C12CCC(C)(C(=O)O1)C2(C)C. The number of nitrogens with zero attached hydrogens (tertiary/aromatic N) is 1. The van der Waals surface area contributed by atoms with Gasteiger partial charge in [-0.2, -0.15) is 0 Å². The summed E-state index contributed by atoms with van der Waals surface area (Å²) in [4.78, 5) is 29.1. The van der Waals surface area contributed by atoms with Gasteiger partial charge >= 0.3 is 5.97 Å². The van der Waals surface area contributed by atoms with Gasteiger partial charge in [0, 0.05) is 17.4 Å². The van der Waals surface area contributed by atoms with Crippen molar-refractivity contribution in [2.45, 2.75) is 123 Å². The van der Waals surface area contributed by atoms with Crippen LogP contribution in [-0.4, -0.2) is 57.4 Å². The van der Waals surface area contributed by atoms with E-state index in [2.05, 4.69) is 32.9 Å². The Morgan fingerprint density at radius 3 is 2.36 bits per heavy atom. The van der Waals surface area contributed by atoms with Crippen LogP contribution < -0.4 is 0 Å². The molecule has 216 valence electrons. The number of ether oxygens (including phenoxy) is 1. The van der Waals surface area contributed by atoms with Crippen LogP contribution in [-0.2, 0) is 14.3 Å². The van der Waals surface area contributed by atoms with Crippen molar-refractivity contribution in [1.82, 2.24) is 4.90 Å². The first-order valence-electron chi connectivity index (χ1n) is 15.5. The number of carbonyl (C=O) groups excluding carboxylic acids is 2. The van der Waals surface area contributed by atoms with Crippen LogP contribution in [0, 0.1) is 33.5 Å². The van der Waals surface area contributed by atoms with E-state index >= 15 is 0 Å². The summed E-state index contributed by atoms with van der Waals surface area (Å²) in [7, 11) is 0. The molecule has 0 radical (unpaired) electrons. The second kappa shape index (κ2) is 8.44. The quantitative estimate of drug-likeness (QED) is 0.462. The number of allylic oxidation sites excluding steroid dienone is 3. The largest absolute Gasteiger partial charge is 0.448 e. The molecule has 6 rings (SSSR count). The van der Waals surface area contributed by atoms with E-state index in [0.717, 1.165) is 44.9 Å². The number of hydrogen-bond acceptors (Lipinski definition) is 5. The smallest absolute Gasteiger partial charge is 0.313 e. The van der Waals surface area contributed by atoms with Gasteiger partial charge in [-0.3, -0.25) is 9.59 Å². The lowest BCUT2D eigenvalue weighted by Gasteiger charge is -2.56. The molecule has 1 heterocycles. The first-order valence-corrected chi connectivity index (χ1v) is 15.5. The Morgan fingerprint density at radius 1 is 1.00 bits per heavy atom. The van der Waals surface area contributed by atoms with E-state index in [4.69, 9.17) is 4.74 Å². The molecule has 0 aromatic heterocycles. The molecule has 0 aromatic rings. The third-order valence-corrected chi connectivity index (χ3v) is 13.5. The summed E-state index contributed by atoms with van der Waals surface area (Å²) in [5.41, 5.74) is -0.728. The van der Waals surface area contributed by atoms with Gasteiger partial charge in [0.25, 0.3) is 5.91 Å². The van der Waals surface area contributed by atoms with E-state index in [1.54, 1.807) is 0 Å². The van der Waals surface area contributed by atoms with Crippen LogP contribution in [0.2, 0.25) is 0 Å². The Hall–Kier alpha value is -1.66. The Bertz CT molecular complexity index is 1160. The van der Waals surface area contributed by atoms with Crippen molar-refractivity contribution in [3.05, 3.63) is 23.3 Å². The minimum absolute atomic E-state index is 0.0990. The maximum absolute atomic E-state index is 14.4. The molecule has 8 unspecified atom stereocenters. The zero-order chi connectivity index (χ0) is 28.2. The predicted molar refractivity (Wildman–Crippen MR) is 149 cm³/mol. The first kappa shape index (κ1) is 27.5. The van der Waals surface area contributed by atoms with Crippen molar-refractivity contribution in [2.75, 3.05) is 13.1 Å². The molecule has 6 nitrogen and oxygen atoms in total. The predicted octanol–water partition coefficient (Wildman–Crippen LogP) is 5.32. The van der Waals surface area contributed by atoms with E-state index in [1.165, 1.54) is 11.1 Å². The number of rotatable bonds is 5. The third-order valence-electron chi connectivity index (χ3n) is 13.5. The lowest BCUT2D eigenvalue weighted by molar-refractivity contribution is -0.178. The van der Waals surface area contributed by atoms with E-state index in [9.17, 15) is 19.8 Å². The molecule has 39 heavy (non-hydrogen) atoms. The summed E-state index contributed by atoms with van der Waals surface area (Å²) < 4.78 is 5.98. The third kappa shape index (κ3) is 3.28. The lowest BCUT2D eigenvalue weighted by atomic mass is 9.50. The second-order valence-electron chi connectivity index (χ2n) is 15.2. The number of aliphatic hydroxyl groups excluding tert-OH is 1. The second-order valence-corrected chi connectivity index (χ2v) is 15.2. The van der Waals surface area contributed by atoms with Crippen LogP contribution in [0.25, 0.3) is 0 Å². The molecule has 1 amide bonds. The Kier molecular flexibility index (Phi) is 5.95. The molecule has 1 aliphatic heterocycles. The molecule has 2 N–H and O–H groups in total. The summed E-state index contributed by atoms with van der Waals surface area (Å²) in [6, 6.07) is 0. The van der Waals surface area contributed by atoms with Gasteiger partial charge in [0.1, 0.15) is 0 Å². The maximum atomic E-state index is 14.4. The van der Waals surface area contributed by atoms with Crippen molar-refractivity contribution in [3.63, 3.8) is 0 Å². The number of amides is 1. The summed E-state index contributed by atoms with van der Waals surface area (Å²) in [6.07, 6.45) is 12.6. The Morgan fingerprint density at radius 2 is 1.72 bits per heavy atom. The fourth-order valence-corrected chi connectivity index (χ4v) is 10.2. The molecule has 5 aliphatic carbocycles. The van der Waals surface area contributed by atoms with Crippen molar-refractivity contribution in [1.29, 1.82) is 0 Å². The number of aliphatic hydroxyl groups is 2. The van der Waals surface area contributed by atoms with Crippen LogP contribution in [0.15, 0.2) is 23.3 Å². The molecule has 6 heteroatoms. The van der Waals surface area contributed by atoms with Gasteiger partial charge in [0.2, 0.25) is 0 Å². The summed E-state index contributed by atoms with van der Waals surface area (Å²) in [5.74, 6) is 0.382. The van der Waals surface area contributed by atoms with Gasteiger partial charge in [-0.1, -0.05) is 57.9 Å². The van der Waals surface area contributed by atoms with Gasteiger partial charge in [0.15, 0.2) is 5.60 Å². The highest BCUT2D eigenvalue weighted by atomic mass is 16.6. The Labute approximate surface area is 234 Å². The van der Waals surface area contributed by atoms with E-state index in [1.807, 2.05) is 25.7 Å². The van der Waals surface area contributed by atoms with Crippen LogP contribution in [0.4, 0.5) is 0 Å². The highest BCUT2D eigenvalue weighted by Gasteiger charge is 2.76. The fraction of sp³-hybridized carbons (Fsp3) is 0.818. The monoisotopic (exact) mass is 539 g/mol. The number of carbonyl (C=O) groups is 2. The average molecular weight is 540 g/mol. The molecule has 6 aliphatic rings. The van der Waals surface area contributed by atoms with Gasteiger partial charge in [0.05, 0.1) is 23.7 Å². The minimum Gasteiger partial charge on any atom is -0.448 e. The minimum atomic E-state index is -1.14. The van der Waals surface area contributed by atoms with E-state index < -0.39 is 22.0 Å². The summed E-state index contributed by atoms with van der Waals surface area (Å²) in [5, 5.41) is 22.8.